The van der Waals surface area contributed by atoms with E-state index in [1.54, 1.807) is 0 Å². The Morgan fingerprint density at radius 1 is 1.53 bits per heavy atom. The molecule has 1 aromatic heterocycles. The van der Waals surface area contributed by atoms with Gasteiger partial charge in [0.05, 0.1) is 5.69 Å². The number of nitrogen functional groups attached to an aromatic ring is 1. The number of pyridine rings is 1. The first kappa shape index (κ1) is 11.4. The summed E-state index contributed by atoms with van der Waals surface area (Å²) in [7, 11) is 0. The topological polar surface area (TPSA) is 71.9 Å². The van der Waals surface area contributed by atoms with Crippen LogP contribution >= 0.6 is 11.6 Å². The molecule has 15 heavy (non-hydrogen) atoms. The third-order valence-corrected chi connectivity index (χ3v) is 1.66. The minimum absolute atomic E-state index is 0.206. The van der Waals surface area contributed by atoms with Crippen molar-refractivity contribution in [1.82, 2.24) is 4.98 Å². The van der Waals surface area contributed by atoms with Gasteiger partial charge in [-0.1, -0.05) is 11.6 Å². The van der Waals surface area contributed by atoms with E-state index in [0.29, 0.717) is 0 Å². The quantitative estimate of drug-likeness (QED) is 0.812. The normalized spacial score (nSPS) is 10.9. The molecule has 0 aliphatic carbocycles. The predicted octanol–water partition coefficient (Wildman–Crippen LogP) is 2.09. The second-order valence-electron chi connectivity index (χ2n) is 2.38. The number of nitrogens with zero attached hydrogens (tertiary/aromatic N) is 2. The van der Waals surface area contributed by atoms with Crippen molar-refractivity contribution in [2.45, 2.75) is 6.36 Å². The number of ether oxygens (including phenoxy) is 1. The smallest absolute Gasteiger partial charge is 0.397 e. The Kier molecular flexibility index (Phi) is 2.90. The monoisotopic (exact) mass is 237 g/mol. The van der Waals surface area contributed by atoms with E-state index >= 15 is 0 Å². The van der Waals surface area contributed by atoms with E-state index in [1.165, 1.54) is 6.07 Å². The number of hydrogen-bond donors (Lipinski definition) is 1. The van der Waals surface area contributed by atoms with E-state index in [9.17, 15) is 13.2 Å². The molecule has 0 saturated heterocycles. The van der Waals surface area contributed by atoms with Gasteiger partial charge in [0.15, 0.2) is 0 Å². The number of aromatic nitrogens is 1. The van der Waals surface area contributed by atoms with Crippen molar-refractivity contribution in [2.75, 3.05) is 5.73 Å². The van der Waals surface area contributed by atoms with Gasteiger partial charge in [0.2, 0.25) is 5.88 Å². The van der Waals surface area contributed by atoms with Crippen LogP contribution in [0.15, 0.2) is 6.07 Å². The lowest BCUT2D eigenvalue weighted by molar-refractivity contribution is -0.276. The summed E-state index contributed by atoms with van der Waals surface area (Å²) in [5, 5.41) is 7.95. The zero-order chi connectivity index (χ0) is 11.6. The summed E-state index contributed by atoms with van der Waals surface area (Å²) in [5.41, 5.74) is 4.73. The molecule has 8 heteroatoms. The van der Waals surface area contributed by atoms with Crippen molar-refractivity contribution < 1.29 is 17.9 Å². The van der Waals surface area contributed by atoms with E-state index < -0.39 is 17.3 Å². The summed E-state index contributed by atoms with van der Waals surface area (Å²) in [6.45, 7) is 0. The molecule has 1 aromatic rings. The molecule has 0 unspecified atom stereocenters. The number of nitrogens with two attached hydrogens (primary N) is 1. The number of anilines is 1. The Bertz CT molecular complexity index is 427. The standard InChI is InChI=1S/C7H3ClF3N3O/c8-5-4(13)1-3(2-12)14-6(5)15-7(9,10)11/h1H,(H2,13,14). The van der Waals surface area contributed by atoms with Gasteiger partial charge in [-0.15, -0.1) is 13.2 Å². The summed E-state index contributed by atoms with van der Waals surface area (Å²) in [5.74, 6) is -0.930. The van der Waals surface area contributed by atoms with Crippen LogP contribution in [0.5, 0.6) is 5.88 Å². The van der Waals surface area contributed by atoms with Crippen molar-refractivity contribution in [2.24, 2.45) is 0 Å². The molecule has 0 saturated carbocycles. The number of nitriles is 1. The first-order chi connectivity index (χ1) is 6.83. The lowest BCUT2D eigenvalue weighted by Gasteiger charge is -2.10. The van der Waals surface area contributed by atoms with Crippen molar-refractivity contribution in [3.05, 3.63) is 16.8 Å². The van der Waals surface area contributed by atoms with Gasteiger partial charge in [-0.3, -0.25) is 0 Å². The highest BCUT2D eigenvalue weighted by Gasteiger charge is 2.33. The molecule has 0 atom stereocenters. The van der Waals surface area contributed by atoms with Gasteiger partial charge in [-0.25, -0.2) is 4.98 Å². The van der Waals surface area contributed by atoms with Crippen molar-refractivity contribution >= 4 is 17.3 Å². The molecule has 0 aromatic carbocycles. The Labute approximate surface area is 87.0 Å². The fourth-order valence-electron chi connectivity index (χ4n) is 0.759. The maximum absolute atomic E-state index is 11.8. The van der Waals surface area contributed by atoms with E-state index in [-0.39, 0.29) is 11.4 Å². The summed E-state index contributed by atoms with van der Waals surface area (Å²) >= 11 is 5.41. The molecule has 0 bridgehead atoms. The zero-order valence-electron chi connectivity index (χ0n) is 6.97. The van der Waals surface area contributed by atoms with Gasteiger partial charge in [0, 0.05) is 0 Å². The van der Waals surface area contributed by atoms with Gasteiger partial charge in [0.25, 0.3) is 0 Å². The van der Waals surface area contributed by atoms with Crippen LogP contribution in [0.1, 0.15) is 5.69 Å². The second-order valence-corrected chi connectivity index (χ2v) is 2.75. The minimum Gasteiger partial charge on any atom is -0.397 e. The number of hydrogen-bond acceptors (Lipinski definition) is 4. The average molecular weight is 238 g/mol. The van der Waals surface area contributed by atoms with E-state index in [0.717, 1.165) is 6.07 Å². The molecule has 0 aliphatic heterocycles. The van der Waals surface area contributed by atoms with Crippen LogP contribution in [0.2, 0.25) is 5.02 Å². The molecule has 2 N–H and O–H groups in total. The van der Waals surface area contributed by atoms with Crippen LogP contribution in [-0.4, -0.2) is 11.3 Å². The molecular formula is C7H3ClF3N3O. The highest BCUT2D eigenvalue weighted by molar-refractivity contribution is 6.34. The van der Waals surface area contributed by atoms with Gasteiger partial charge in [0.1, 0.15) is 16.8 Å². The highest BCUT2D eigenvalue weighted by atomic mass is 35.5. The Balaban J connectivity index is 3.18. The van der Waals surface area contributed by atoms with E-state index in [2.05, 4.69) is 9.72 Å². The van der Waals surface area contributed by atoms with Crippen LogP contribution in [0.3, 0.4) is 0 Å². The van der Waals surface area contributed by atoms with E-state index in [1.807, 2.05) is 0 Å². The van der Waals surface area contributed by atoms with Crippen LogP contribution in [-0.2, 0) is 0 Å². The second kappa shape index (κ2) is 3.82. The molecule has 1 rings (SSSR count). The maximum Gasteiger partial charge on any atom is 0.574 e. The van der Waals surface area contributed by atoms with E-state index in [4.69, 9.17) is 22.6 Å². The molecule has 80 valence electrons. The van der Waals surface area contributed by atoms with Gasteiger partial charge in [-0.05, 0) is 6.07 Å². The van der Waals surface area contributed by atoms with Crippen molar-refractivity contribution in [1.29, 1.82) is 5.26 Å². The molecule has 4 nitrogen and oxygen atoms in total. The minimum atomic E-state index is -4.93. The van der Waals surface area contributed by atoms with Gasteiger partial charge in [-0.2, -0.15) is 5.26 Å². The lowest BCUT2D eigenvalue weighted by atomic mass is 10.3. The summed E-state index contributed by atoms with van der Waals surface area (Å²) in [6, 6.07) is 2.57. The lowest BCUT2D eigenvalue weighted by Crippen LogP contribution is -2.18. The van der Waals surface area contributed by atoms with Gasteiger partial charge < -0.3 is 10.5 Å². The number of alkyl halides is 3. The van der Waals surface area contributed by atoms with Crippen LogP contribution in [0.4, 0.5) is 18.9 Å². The fraction of sp³-hybridized carbons (Fsp3) is 0.143. The molecular weight excluding hydrogens is 235 g/mol. The summed E-state index contributed by atoms with van der Waals surface area (Å²) in [6.07, 6.45) is -4.93. The SMILES string of the molecule is N#Cc1cc(N)c(Cl)c(OC(F)(F)F)n1. The zero-order valence-corrected chi connectivity index (χ0v) is 7.73. The fourth-order valence-corrected chi connectivity index (χ4v) is 0.895. The number of halogens is 4. The first-order valence-corrected chi connectivity index (χ1v) is 3.83. The third kappa shape index (κ3) is 2.89. The van der Waals surface area contributed by atoms with Crippen LogP contribution in [0.25, 0.3) is 0 Å². The van der Waals surface area contributed by atoms with Crippen LogP contribution in [0, 0.1) is 11.3 Å². The molecule has 0 aliphatic rings. The Hall–Kier alpha value is -1.68. The third-order valence-electron chi connectivity index (χ3n) is 1.28. The summed E-state index contributed by atoms with van der Waals surface area (Å²) < 4.78 is 39.0. The van der Waals surface area contributed by atoms with Gasteiger partial charge >= 0.3 is 6.36 Å². The molecule has 0 amide bonds. The van der Waals surface area contributed by atoms with Crippen molar-refractivity contribution in [3.8, 4) is 11.9 Å². The number of rotatable bonds is 1. The van der Waals surface area contributed by atoms with Crippen LogP contribution < -0.4 is 10.5 Å². The Morgan fingerprint density at radius 2 is 2.13 bits per heavy atom. The molecule has 0 spiro atoms. The average Bonchev–Trinajstić information content (AvgIpc) is 2.10. The predicted molar refractivity (Wildman–Crippen MR) is 45.1 cm³/mol. The molecule has 1 heterocycles. The van der Waals surface area contributed by atoms with Crippen molar-refractivity contribution in [3.63, 3.8) is 0 Å². The Morgan fingerprint density at radius 3 is 2.60 bits per heavy atom. The first-order valence-electron chi connectivity index (χ1n) is 3.45. The summed E-state index contributed by atoms with van der Waals surface area (Å²) in [4.78, 5) is 3.22. The largest absolute Gasteiger partial charge is 0.574 e. The maximum atomic E-state index is 11.8. The molecule has 0 fully saturated rings. The molecule has 0 radical (unpaired) electrons. The highest BCUT2D eigenvalue weighted by Crippen LogP contribution is 2.32.